The maximum absolute atomic E-state index is 14.1. The van der Waals surface area contributed by atoms with E-state index >= 15 is 0 Å². The van der Waals surface area contributed by atoms with Crippen LogP contribution in [0.3, 0.4) is 0 Å². The molecule has 0 fully saturated rings. The first-order valence-corrected chi connectivity index (χ1v) is 15.8. The standard InChI is InChI=1S/C34H36FN3O5S/c1-4-32(34(40)36-25(2)3)37(23-26-15-17-27(35)18-16-26)33(39)24-38(44(41,42)31-13-9-6-10-14-31)28-19-21-30(22-20-28)43-29-11-7-5-8-12-29/h5-22,25,32H,4,23-24H2,1-3H3,(H,36,40). The van der Waals surface area contributed by atoms with Gasteiger partial charge in [0.25, 0.3) is 10.0 Å². The molecule has 0 aliphatic heterocycles. The number of ether oxygens (including phenoxy) is 1. The zero-order valence-corrected chi connectivity index (χ0v) is 25.7. The van der Waals surface area contributed by atoms with E-state index < -0.39 is 34.3 Å². The molecule has 44 heavy (non-hydrogen) atoms. The number of sulfonamides is 1. The quantitative estimate of drug-likeness (QED) is 0.194. The second-order valence-electron chi connectivity index (χ2n) is 10.5. The molecule has 0 bridgehead atoms. The molecule has 4 rings (SSSR count). The summed E-state index contributed by atoms with van der Waals surface area (Å²) in [7, 11) is -4.21. The van der Waals surface area contributed by atoms with Gasteiger partial charge in [-0.15, -0.1) is 0 Å². The van der Waals surface area contributed by atoms with Gasteiger partial charge in [-0.1, -0.05) is 55.5 Å². The molecule has 2 amide bonds. The summed E-state index contributed by atoms with van der Waals surface area (Å²) in [5.41, 5.74) is 0.833. The number of rotatable bonds is 13. The maximum Gasteiger partial charge on any atom is 0.264 e. The maximum atomic E-state index is 14.1. The van der Waals surface area contributed by atoms with Crippen LogP contribution in [0.2, 0.25) is 0 Å². The van der Waals surface area contributed by atoms with Crippen molar-refractivity contribution in [3.05, 3.63) is 121 Å². The molecule has 1 atom stereocenters. The molecule has 0 aliphatic carbocycles. The molecule has 0 saturated heterocycles. The highest BCUT2D eigenvalue weighted by atomic mass is 32.2. The Bertz CT molecular complexity index is 1630. The number of halogens is 1. The van der Waals surface area contributed by atoms with Crippen LogP contribution in [0.4, 0.5) is 10.1 Å². The molecule has 10 heteroatoms. The Morgan fingerprint density at radius 2 is 1.39 bits per heavy atom. The number of nitrogens with zero attached hydrogens (tertiary/aromatic N) is 2. The van der Waals surface area contributed by atoms with Crippen LogP contribution in [-0.2, 0) is 26.2 Å². The molecule has 0 heterocycles. The van der Waals surface area contributed by atoms with E-state index in [4.69, 9.17) is 4.74 Å². The fraction of sp³-hybridized carbons (Fsp3) is 0.235. The van der Waals surface area contributed by atoms with Crippen molar-refractivity contribution in [3.8, 4) is 11.5 Å². The van der Waals surface area contributed by atoms with Crippen molar-refractivity contribution < 1.29 is 27.1 Å². The summed E-state index contributed by atoms with van der Waals surface area (Å²) in [5.74, 6) is -0.290. The first-order valence-electron chi connectivity index (χ1n) is 14.3. The van der Waals surface area contributed by atoms with Crippen molar-refractivity contribution in [2.45, 2.75) is 50.7 Å². The van der Waals surface area contributed by atoms with Crippen LogP contribution < -0.4 is 14.4 Å². The number of hydrogen-bond acceptors (Lipinski definition) is 5. The number of carbonyl (C=O) groups is 2. The van der Waals surface area contributed by atoms with Crippen LogP contribution in [0, 0.1) is 5.82 Å². The zero-order chi connectivity index (χ0) is 31.7. The average molecular weight is 618 g/mol. The molecule has 0 saturated carbocycles. The molecule has 0 aromatic heterocycles. The fourth-order valence-electron chi connectivity index (χ4n) is 4.64. The van der Waals surface area contributed by atoms with E-state index in [1.54, 1.807) is 61.5 Å². The molecular weight excluding hydrogens is 581 g/mol. The number of amides is 2. The van der Waals surface area contributed by atoms with Gasteiger partial charge in [0, 0.05) is 12.6 Å². The lowest BCUT2D eigenvalue weighted by molar-refractivity contribution is -0.140. The Morgan fingerprint density at radius 3 is 1.95 bits per heavy atom. The van der Waals surface area contributed by atoms with Gasteiger partial charge in [-0.25, -0.2) is 12.8 Å². The van der Waals surface area contributed by atoms with Crippen molar-refractivity contribution in [2.24, 2.45) is 0 Å². The summed E-state index contributed by atoms with van der Waals surface area (Å²) >= 11 is 0. The van der Waals surface area contributed by atoms with Crippen LogP contribution in [0.1, 0.15) is 32.8 Å². The van der Waals surface area contributed by atoms with Crippen LogP contribution >= 0.6 is 0 Å². The fourth-order valence-corrected chi connectivity index (χ4v) is 6.08. The molecule has 0 spiro atoms. The molecule has 1 N–H and O–H groups in total. The Kier molecular flexibility index (Phi) is 10.7. The molecular formula is C34H36FN3O5S. The molecule has 0 radical (unpaired) electrons. The minimum atomic E-state index is -4.21. The van der Waals surface area contributed by atoms with Crippen LogP contribution in [-0.4, -0.2) is 43.8 Å². The van der Waals surface area contributed by atoms with E-state index in [2.05, 4.69) is 5.32 Å². The second kappa shape index (κ2) is 14.7. The summed E-state index contributed by atoms with van der Waals surface area (Å²) in [6.07, 6.45) is 0.280. The normalized spacial score (nSPS) is 11.9. The summed E-state index contributed by atoms with van der Waals surface area (Å²) in [5, 5.41) is 2.85. The second-order valence-corrected chi connectivity index (χ2v) is 12.3. The van der Waals surface area contributed by atoms with Crippen molar-refractivity contribution in [2.75, 3.05) is 10.8 Å². The molecule has 1 unspecified atom stereocenters. The summed E-state index contributed by atoms with van der Waals surface area (Å²) < 4.78 is 48.5. The smallest absolute Gasteiger partial charge is 0.264 e. The van der Waals surface area contributed by atoms with E-state index in [0.29, 0.717) is 17.1 Å². The van der Waals surface area contributed by atoms with E-state index in [9.17, 15) is 22.4 Å². The van der Waals surface area contributed by atoms with Gasteiger partial charge in [0.2, 0.25) is 11.8 Å². The zero-order valence-electron chi connectivity index (χ0n) is 24.9. The number of hydrogen-bond donors (Lipinski definition) is 1. The number of nitrogens with one attached hydrogen (secondary N) is 1. The molecule has 0 aliphatic rings. The van der Waals surface area contributed by atoms with Gasteiger partial charge in [0.1, 0.15) is 29.9 Å². The first kappa shape index (κ1) is 32.2. The van der Waals surface area contributed by atoms with Gasteiger partial charge in [0.15, 0.2) is 0 Å². The van der Waals surface area contributed by atoms with Crippen molar-refractivity contribution in [1.29, 1.82) is 0 Å². The number of benzene rings is 4. The Balaban J connectivity index is 1.71. The van der Waals surface area contributed by atoms with Gasteiger partial charge in [0.05, 0.1) is 10.6 Å². The average Bonchev–Trinajstić information content (AvgIpc) is 3.01. The topological polar surface area (TPSA) is 96.0 Å². The third-order valence-electron chi connectivity index (χ3n) is 6.80. The molecule has 230 valence electrons. The third-order valence-corrected chi connectivity index (χ3v) is 8.58. The van der Waals surface area contributed by atoms with Gasteiger partial charge in [-0.05, 0) is 86.5 Å². The predicted octanol–water partition coefficient (Wildman–Crippen LogP) is 6.15. The van der Waals surface area contributed by atoms with Gasteiger partial charge in [-0.2, -0.15) is 0 Å². The SMILES string of the molecule is CCC(C(=O)NC(C)C)N(Cc1ccc(F)cc1)C(=O)CN(c1ccc(Oc2ccccc2)cc1)S(=O)(=O)c1ccccc1. The monoisotopic (exact) mass is 617 g/mol. The van der Waals surface area contributed by atoms with E-state index in [0.717, 1.165) is 4.31 Å². The highest BCUT2D eigenvalue weighted by Gasteiger charge is 2.33. The van der Waals surface area contributed by atoms with Crippen molar-refractivity contribution >= 4 is 27.5 Å². The van der Waals surface area contributed by atoms with E-state index in [-0.39, 0.29) is 35.5 Å². The lowest BCUT2D eigenvalue weighted by Gasteiger charge is -2.33. The van der Waals surface area contributed by atoms with E-state index in [1.165, 1.54) is 41.3 Å². The highest BCUT2D eigenvalue weighted by molar-refractivity contribution is 7.92. The number of para-hydroxylation sites is 1. The van der Waals surface area contributed by atoms with Crippen LogP contribution in [0.25, 0.3) is 0 Å². The summed E-state index contributed by atoms with van der Waals surface area (Å²) in [6.45, 7) is 4.81. The van der Waals surface area contributed by atoms with Gasteiger partial charge >= 0.3 is 0 Å². The van der Waals surface area contributed by atoms with Crippen LogP contribution in [0.5, 0.6) is 11.5 Å². The Labute approximate surface area is 258 Å². The number of carbonyl (C=O) groups excluding carboxylic acids is 2. The minimum absolute atomic E-state index is 0.00656. The van der Waals surface area contributed by atoms with Gasteiger partial charge in [-0.3, -0.25) is 13.9 Å². The van der Waals surface area contributed by atoms with Crippen molar-refractivity contribution in [1.82, 2.24) is 10.2 Å². The summed E-state index contributed by atoms with van der Waals surface area (Å²) in [6, 6.07) is 27.9. The Hall–Kier alpha value is -4.70. The van der Waals surface area contributed by atoms with Crippen LogP contribution in [0.15, 0.2) is 114 Å². The highest BCUT2D eigenvalue weighted by Crippen LogP contribution is 2.28. The lowest BCUT2D eigenvalue weighted by atomic mass is 10.1. The largest absolute Gasteiger partial charge is 0.457 e. The first-order chi connectivity index (χ1) is 21.1. The minimum Gasteiger partial charge on any atom is -0.457 e. The van der Waals surface area contributed by atoms with Crippen molar-refractivity contribution in [3.63, 3.8) is 0 Å². The Morgan fingerprint density at radius 1 is 0.818 bits per heavy atom. The third kappa shape index (κ3) is 8.23. The van der Waals surface area contributed by atoms with Gasteiger partial charge < -0.3 is 15.0 Å². The predicted molar refractivity (Wildman–Crippen MR) is 168 cm³/mol. The molecule has 4 aromatic rings. The summed E-state index contributed by atoms with van der Waals surface area (Å²) in [4.78, 5) is 28.7. The van der Waals surface area contributed by atoms with E-state index in [1.807, 2.05) is 32.0 Å². The molecule has 8 nitrogen and oxygen atoms in total. The lowest BCUT2D eigenvalue weighted by Crippen LogP contribution is -2.53. The molecule has 4 aromatic carbocycles. The number of anilines is 1.